The Morgan fingerprint density at radius 1 is 0.188 bits per heavy atom. The molecule has 10 aromatic carbocycles. The van der Waals surface area contributed by atoms with Crippen molar-refractivity contribution in [3.63, 3.8) is 0 Å². The number of hydrogen-bond acceptors (Lipinski definition) is 10. The van der Waals surface area contributed by atoms with Gasteiger partial charge in [0.25, 0.3) is 0 Å². The fourth-order valence-corrected chi connectivity index (χ4v) is 10.3. The van der Waals surface area contributed by atoms with Crippen molar-refractivity contribution >= 4 is 34.4 Å². The van der Waals surface area contributed by atoms with E-state index in [1.54, 1.807) is 0 Å². The highest BCUT2D eigenvalue weighted by molar-refractivity contribution is 6.05. The van der Waals surface area contributed by atoms with Crippen molar-refractivity contribution in [2.24, 2.45) is 0 Å². The van der Waals surface area contributed by atoms with E-state index in [1.165, 1.54) is 0 Å². The second kappa shape index (κ2) is 20.8. The average molecular weight is 1030 g/mol. The quantitative estimate of drug-likeness (QED) is 0.124. The molecular weight excluding hydrogens is 981 g/mol. The summed E-state index contributed by atoms with van der Waals surface area (Å²) in [6.45, 7) is 0. The zero-order chi connectivity index (χ0) is 53.2. The first kappa shape index (κ1) is 47.4. The molecule has 0 N–H and O–H groups in total. The molecule has 0 saturated carbocycles. The maximum absolute atomic E-state index is 5.55. The van der Waals surface area contributed by atoms with Gasteiger partial charge in [0.2, 0.25) is 5.95 Å². The lowest BCUT2D eigenvalue weighted by atomic mass is 9.93. The van der Waals surface area contributed by atoms with Crippen LogP contribution in [0.3, 0.4) is 0 Å². The van der Waals surface area contributed by atoms with Crippen LogP contribution in [-0.4, -0.2) is 39.9 Å². The molecule has 3 aromatic heterocycles. The van der Waals surface area contributed by atoms with Crippen LogP contribution in [0.4, 0.5) is 34.4 Å². The van der Waals surface area contributed by atoms with Crippen LogP contribution in [0.15, 0.2) is 279 Å². The zero-order valence-corrected chi connectivity index (χ0v) is 43.0. The predicted molar refractivity (Wildman–Crippen MR) is 321 cm³/mol. The molecule has 0 amide bonds. The van der Waals surface area contributed by atoms with Gasteiger partial charge in [-0.25, -0.2) is 29.9 Å². The lowest BCUT2D eigenvalue weighted by Crippen LogP contribution is -2.26. The third-order valence-electron chi connectivity index (χ3n) is 14.1. The predicted octanol–water partition coefficient (Wildman–Crippen LogP) is 17.1. The Bertz CT molecular complexity index is 4120. The largest absolute Gasteiger partial charge is 0.306 e. The standard InChI is InChI=1S/C70H46N10/c1-8-26-47(27-9-1)54-45-63(79-59-40-22-24-42-61(59)80(62-43-25-23-41-60(62)79)70-77-66(52-36-18-6-19-37-52)74-67(78-70)53-38-20-7-21-39-53)56(69-71-57(48-28-10-2-11-29-48)46-58(72-69)49-30-12-3-13-31-49)44-55(54)68-75-64(50-32-14-4-15-33-50)73-65(76-68)51-34-16-5-17-35-51/h1-46H. The first-order valence-corrected chi connectivity index (χ1v) is 26.4. The van der Waals surface area contributed by atoms with E-state index < -0.39 is 0 Å². The van der Waals surface area contributed by atoms with Crippen LogP contribution in [0.2, 0.25) is 0 Å². The summed E-state index contributed by atoms with van der Waals surface area (Å²) in [4.78, 5) is 47.1. The van der Waals surface area contributed by atoms with Crippen LogP contribution in [0.25, 0.3) is 102 Å². The van der Waals surface area contributed by atoms with Gasteiger partial charge in [0.1, 0.15) is 0 Å². The third kappa shape index (κ3) is 9.08. The summed E-state index contributed by atoms with van der Waals surface area (Å²) in [6.07, 6.45) is 0. The molecule has 0 spiro atoms. The molecule has 1 aliphatic rings. The normalized spacial score (nSPS) is 11.7. The van der Waals surface area contributed by atoms with Crippen molar-refractivity contribution in [3.05, 3.63) is 279 Å². The molecule has 0 unspecified atom stereocenters. The van der Waals surface area contributed by atoms with Gasteiger partial charge in [-0.3, -0.25) is 4.90 Å². The lowest BCUT2D eigenvalue weighted by Gasteiger charge is -2.40. The van der Waals surface area contributed by atoms with Gasteiger partial charge in [-0.15, -0.1) is 0 Å². The molecule has 0 saturated heterocycles. The van der Waals surface area contributed by atoms with E-state index in [9.17, 15) is 0 Å². The molecule has 0 fully saturated rings. The van der Waals surface area contributed by atoms with Crippen LogP contribution in [0.1, 0.15) is 0 Å². The number of para-hydroxylation sites is 4. The summed E-state index contributed by atoms with van der Waals surface area (Å²) in [7, 11) is 0. The molecule has 376 valence electrons. The van der Waals surface area contributed by atoms with Crippen molar-refractivity contribution in [2.75, 3.05) is 9.80 Å². The van der Waals surface area contributed by atoms with Gasteiger partial charge in [0.15, 0.2) is 34.9 Å². The highest BCUT2D eigenvalue weighted by Crippen LogP contribution is 2.56. The number of nitrogens with zero attached hydrogens (tertiary/aromatic N) is 10. The number of rotatable bonds is 11. The molecule has 0 aliphatic carbocycles. The summed E-state index contributed by atoms with van der Waals surface area (Å²) in [5, 5.41) is 0. The van der Waals surface area contributed by atoms with Gasteiger partial charge in [0, 0.05) is 44.5 Å². The third-order valence-corrected chi connectivity index (χ3v) is 14.1. The highest BCUT2D eigenvalue weighted by atomic mass is 15.3. The molecule has 80 heavy (non-hydrogen) atoms. The number of benzene rings is 10. The monoisotopic (exact) mass is 1030 g/mol. The Labute approximate surface area is 462 Å². The molecule has 0 radical (unpaired) electrons. The van der Waals surface area contributed by atoms with E-state index in [1.807, 2.05) is 164 Å². The minimum atomic E-state index is 0.475. The van der Waals surface area contributed by atoms with E-state index in [0.717, 1.165) is 95.5 Å². The van der Waals surface area contributed by atoms with Crippen LogP contribution >= 0.6 is 0 Å². The first-order valence-electron chi connectivity index (χ1n) is 26.4. The van der Waals surface area contributed by atoms with E-state index in [-0.39, 0.29) is 0 Å². The smallest absolute Gasteiger partial charge is 0.238 e. The molecule has 10 nitrogen and oxygen atoms in total. The molecule has 0 atom stereocenters. The Morgan fingerprint density at radius 3 is 0.875 bits per heavy atom. The molecule has 14 rings (SSSR count). The van der Waals surface area contributed by atoms with Gasteiger partial charge in [-0.05, 0) is 53.6 Å². The number of anilines is 6. The maximum atomic E-state index is 5.55. The van der Waals surface area contributed by atoms with Gasteiger partial charge < -0.3 is 4.90 Å². The van der Waals surface area contributed by atoms with E-state index >= 15 is 0 Å². The summed E-state index contributed by atoms with van der Waals surface area (Å²) < 4.78 is 0. The summed E-state index contributed by atoms with van der Waals surface area (Å²) in [5.41, 5.74) is 14.6. The second-order valence-corrected chi connectivity index (χ2v) is 19.2. The Hall–Kier alpha value is -11.1. The van der Waals surface area contributed by atoms with E-state index in [0.29, 0.717) is 40.9 Å². The second-order valence-electron chi connectivity index (χ2n) is 19.2. The van der Waals surface area contributed by atoms with Crippen LogP contribution in [0.5, 0.6) is 0 Å². The zero-order valence-electron chi connectivity index (χ0n) is 43.0. The Balaban J connectivity index is 1.07. The first-order chi connectivity index (χ1) is 39.7. The summed E-state index contributed by atoms with van der Waals surface area (Å²) in [5.74, 6) is 3.71. The van der Waals surface area contributed by atoms with E-state index in [2.05, 4.69) is 125 Å². The average Bonchev–Trinajstić information content (AvgIpc) is 3.63. The van der Waals surface area contributed by atoms with Gasteiger partial charge >= 0.3 is 0 Å². The van der Waals surface area contributed by atoms with E-state index in [4.69, 9.17) is 39.9 Å². The topological polar surface area (TPSA) is 110 Å². The molecule has 4 heterocycles. The number of hydrogen-bond donors (Lipinski definition) is 0. The molecule has 0 bridgehead atoms. The summed E-state index contributed by atoms with van der Waals surface area (Å²) >= 11 is 0. The van der Waals surface area contributed by atoms with Crippen LogP contribution < -0.4 is 9.80 Å². The van der Waals surface area contributed by atoms with Gasteiger partial charge in [-0.1, -0.05) is 237 Å². The molecular formula is C70H46N10. The van der Waals surface area contributed by atoms with Crippen LogP contribution in [0, 0.1) is 0 Å². The minimum absolute atomic E-state index is 0.475. The summed E-state index contributed by atoms with van der Waals surface area (Å²) in [6, 6.07) is 94.6. The number of fused-ring (bicyclic) bond motifs is 2. The molecule has 1 aliphatic heterocycles. The molecule has 10 heteroatoms. The fourth-order valence-electron chi connectivity index (χ4n) is 10.3. The van der Waals surface area contributed by atoms with Crippen molar-refractivity contribution in [1.29, 1.82) is 0 Å². The Morgan fingerprint density at radius 2 is 0.487 bits per heavy atom. The fraction of sp³-hybridized carbons (Fsp3) is 0. The number of aromatic nitrogens is 8. The highest BCUT2D eigenvalue weighted by Gasteiger charge is 2.35. The molecule has 13 aromatic rings. The minimum Gasteiger partial charge on any atom is -0.306 e. The SMILES string of the molecule is c1ccc(-c2cc(-c3ccccc3)nc(-c3cc(-c4nc(-c5ccccc5)nc(-c5ccccc5)n4)c(-c4ccccc4)cc3N3c4ccccc4N(c4nc(-c5ccccc5)nc(-c5ccccc5)n4)c4ccccc43)n2)cc1. The maximum Gasteiger partial charge on any atom is 0.238 e. The van der Waals surface area contributed by atoms with Gasteiger partial charge in [0.05, 0.1) is 39.8 Å². The van der Waals surface area contributed by atoms with Crippen molar-refractivity contribution in [2.45, 2.75) is 0 Å². The van der Waals surface area contributed by atoms with Crippen LogP contribution in [-0.2, 0) is 0 Å². The lowest BCUT2D eigenvalue weighted by molar-refractivity contribution is 1.01. The van der Waals surface area contributed by atoms with Crippen molar-refractivity contribution in [3.8, 4) is 102 Å². The van der Waals surface area contributed by atoms with Crippen molar-refractivity contribution < 1.29 is 0 Å². The van der Waals surface area contributed by atoms with Gasteiger partial charge in [-0.2, -0.15) is 9.97 Å². The Kier molecular flexibility index (Phi) is 12.3. The van der Waals surface area contributed by atoms with Crippen molar-refractivity contribution in [1.82, 2.24) is 39.9 Å².